The number of halogens is 3. The van der Waals surface area contributed by atoms with Gasteiger partial charge in [-0.05, 0) is 42.3 Å². The van der Waals surface area contributed by atoms with Crippen LogP contribution in [0.4, 0.5) is 19.0 Å². The second-order valence-corrected chi connectivity index (χ2v) is 11.0. The van der Waals surface area contributed by atoms with Crippen molar-refractivity contribution in [3.8, 4) is 6.07 Å². The van der Waals surface area contributed by atoms with Crippen LogP contribution in [0.25, 0.3) is 21.1 Å². The minimum Gasteiger partial charge on any atom is -0.353 e. The van der Waals surface area contributed by atoms with Crippen LogP contribution in [0.15, 0.2) is 60.9 Å². The topological polar surface area (TPSA) is 97.7 Å². The van der Waals surface area contributed by atoms with E-state index in [0.717, 1.165) is 33.4 Å². The Bertz CT molecular complexity index is 1770. The van der Waals surface area contributed by atoms with Gasteiger partial charge in [0, 0.05) is 40.4 Å². The fourth-order valence-electron chi connectivity index (χ4n) is 5.49. The molecule has 4 heterocycles. The molecule has 3 aromatic heterocycles. The zero-order chi connectivity index (χ0) is 28.0. The van der Waals surface area contributed by atoms with Crippen molar-refractivity contribution < 1.29 is 18.0 Å². The molecule has 0 bridgehead atoms. The van der Waals surface area contributed by atoms with Crippen molar-refractivity contribution in [3.63, 3.8) is 0 Å². The van der Waals surface area contributed by atoms with E-state index in [1.807, 2.05) is 42.2 Å². The number of carbonyl (C=O) groups is 1. The molecule has 0 saturated carbocycles. The van der Waals surface area contributed by atoms with Crippen molar-refractivity contribution in [2.45, 2.75) is 31.5 Å². The molecular formula is C29H23F3N6OS. The minimum atomic E-state index is -4.31. The fourth-order valence-corrected chi connectivity index (χ4v) is 6.51. The average molecular weight is 561 g/mol. The van der Waals surface area contributed by atoms with E-state index in [1.54, 1.807) is 18.2 Å². The number of fused-ring (bicyclic) bond motifs is 2. The van der Waals surface area contributed by atoms with Gasteiger partial charge in [-0.2, -0.15) is 18.4 Å². The summed E-state index contributed by atoms with van der Waals surface area (Å²) in [5.41, 5.74) is 3.54. The van der Waals surface area contributed by atoms with Crippen LogP contribution >= 0.6 is 11.3 Å². The molecule has 6 rings (SSSR count). The van der Waals surface area contributed by atoms with Crippen LogP contribution in [-0.4, -0.2) is 46.2 Å². The summed E-state index contributed by atoms with van der Waals surface area (Å²) >= 11 is 1.02. The number of carbonyl (C=O) groups excluding carboxylic acids is 1. The zero-order valence-electron chi connectivity index (χ0n) is 21.3. The van der Waals surface area contributed by atoms with E-state index in [0.29, 0.717) is 40.4 Å². The largest absolute Gasteiger partial charge is 0.393 e. The van der Waals surface area contributed by atoms with E-state index in [2.05, 4.69) is 26.3 Å². The number of aryl methyl sites for hydroxylation is 1. The van der Waals surface area contributed by atoms with Gasteiger partial charge < -0.3 is 15.2 Å². The quantitative estimate of drug-likeness (QED) is 0.281. The lowest BCUT2D eigenvalue weighted by Gasteiger charge is -2.20. The van der Waals surface area contributed by atoms with Gasteiger partial charge in [0.05, 0.1) is 17.8 Å². The number of hydrogen-bond donors (Lipinski definition) is 2. The number of anilines is 1. The number of aromatic nitrogens is 3. The predicted octanol–water partition coefficient (Wildman–Crippen LogP) is 5.86. The minimum absolute atomic E-state index is 0.0788. The number of aromatic amines is 1. The summed E-state index contributed by atoms with van der Waals surface area (Å²) in [5.74, 6) is 0.244. The molecule has 2 unspecified atom stereocenters. The molecule has 1 aliphatic heterocycles. The number of nitrogens with zero attached hydrogens (tertiary/aromatic N) is 4. The molecular weight excluding hydrogens is 537 g/mol. The molecule has 2 atom stereocenters. The summed E-state index contributed by atoms with van der Waals surface area (Å²) in [7, 11) is 0. The van der Waals surface area contributed by atoms with Crippen LogP contribution in [0.5, 0.6) is 0 Å². The molecule has 7 nitrogen and oxygen atoms in total. The summed E-state index contributed by atoms with van der Waals surface area (Å²) in [5, 5.41) is 13.8. The molecule has 5 aromatic rings. The predicted molar refractivity (Wildman–Crippen MR) is 148 cm³/mol. The molecule has 2 aromatic carbocycles. The van der Waals surface area contributed by atoms with Gasteiger partial charge in [0.2, 0.25) is 0 Å². The fraction of sp³-hybridized carbons (Fsp3) is 0.241. The van der Waals surface area contributed by atoms with Crippen LogP contribution in [-0.2, 0) is 6.42 Å². The van der Waals surface area contributed by atoms with Gasteiger partial charge in [0.1, 0.15) is 28.7 Å². The van der Waals surface area contributed by atoms with Gasteiger partial charge in [0.25, 0.3) is 5.91 Å². The monoisotopic (exact) mass is 560 g/mol. The highest BCUT2D eigenvalue weighted by molar-refractivity contribution is 7.18. The number of benzene rings is 2. The first-order valence-electron chi connectivity index (χ1n) is 12.6. The second kappa shape index (κ2) is 9.95. The molecule has 1 saturated heterocycles. The number of alkyl halides is 3. The van der Waals surface area contributed by atoms with Gasteiger partial charge in [-0.3, -0.25) is 4.79 Å². The van der Waals surface area contributed by atoms with E-state index in [-0.39, 0.29) is 22.7 Å². The molecule has 2 N–H and O–H groups in total. The van der Waals surface area contributed by atoms with E-state index >= 15 is 0 Å². The summed E-state index contributed by atoms with van der Waals surface area (Å²) < 4.78 is 39.2. The number of nitrogens with one attached hydrogen (secondary N) is 2. The van der Waals surface area contributed by atoms with Crippen LogP contribution < -0.4 is 10.2 Å². The maximum Gasteiger partial charge on any atom is 0.393 e. The van der Waals surface area contributed by atoms with Crippen LogP contribution in [0.3, 0.4) is 0 Å². The molecule has 202 valence electrons. The Morgan fingerprint density at radius 2 is 1.95 bits per heavy atom. The maximum atomic E-state index is 13.6. The van der Waals surface area contributed by atoms with Crippen LogP contribution in [0, 0.1) is 18.3 Å². The Hall–Kier alpha value is -4.43. The van der Waals surface area contributed by atoms with E-state index in [9.17, 15) is 23.2 Å². The molecule has 40 heavy (non-hydrogen) atoms. The summed E-state index contributed by atoms with van der Waals surface area (Å²) in [4.78, 5) is 28.0. The van der Waals surface area contributed by atoms with Crippen molar-refractivity contribution in [3.05, 3.63) is 88.2 Å². The third-order valence-electron chi connectivity index (χ3n) is 7.34. The van der Waals surface area contributed by atoms with Crippen molar-refractivity contribution in [1.82, 2.24) is 20.3 Å². The number of thiophene rings is 1. The summed E-state index contributed by atoms with van der Waals surface area (Å²) in [6.45, 7) is 2.80. The molecule has 0 radical (unpaired) electrons. The standard InChI is InChI=1S/C29H23F3N6OS/c1-16-20(7-8-24-21(16)9-18(12-33)36-24)27(39)37-25-14-38(13-23(25)17-5-3-2-4-6-17)26-22-10-19(11-29(30,31)32)40-28(22)35-15-34-26/h2-10,15,23,25,36H,11,13-14H2,1H3,(H,37,39). The number of rotatable bonds is 5. The molecule has 1 aliphatic rings. The van der Waals surface area contributed by atoms with Crippen molar-refractivity contribution >= 4 is 44.2 Å². The summed E-state index contributed by atoms with van der Waals surface area (Å²) in [6.07, 6.45) is -3.95. The van der Waals surface area contributed by atoms with Gasteiger partial charge in [0.15, 0.2) is 0 Å². The van der Waals surface area contributed by atoms with Crippen molar-refractivity contribution in [1.29, 1.82) is 5.26 Å². The SMILES string of the molecule is Cc1c(C(=O)NC2CN(c3ncnc4sc(CC(F)(F)F)cc34)CC2c2ccccc2)ccc2[nH]c(C#N)cc12. The summed E-state index contributed by atoms with van der Waals surface area (Å²) in [6, 6.07) is 18.4. The average Bonchev–Trinajstić information content (AvgIpc) is 3.64. The Kier molecular flexibility index (Phi) is 6.43. The molecule has 11 heteroatoms. The van der Waals surface area contributed by atoms with E-state index in [4.69, 9.17) is 0 Å². The lowest BCUT2D eigenvalue weighted by Crippen LogP contribution is -2.40. The lowest BCUT2D eigenvalue weighted by atomic mass is 9.94. The first kappa shape index (κ1) is 25.8. The number of hydrogen-bond acceptors (Lipinski definition) is 6. The van der Waals surface area contributed by atoms with Gasteiger partial charge in [-0.25, -0.2) is 9.97 Å². The molecule has 1 fully saturated rings. The Morgan fingerprint density at radius 3 is 2.70 bits per heavy atom. The van der Waals surface area contributed by atoms with Gasteiger partial charge >= 0.3 is 6.18 Å². The third kappa shape index (κ3) is 4.86. The maximum absolute atomic E-state index is 13.6. The number of nitriles is 1. The molecule has 0 aliphatic carbocycles. The normalized spacial score (nSPS) is 17.4. The lowest BCUT2D eigenvalue weighted by molar-refractivity contribution is -0.126. The Balaban J connectivity index is 1.32. The number of amides is 1. The van der Waals surface area contributed by atoms with E-state index < -0.39 is 12.6 Å². The van der Waals surface area contributed by atoms with Crippen molar-refractivity contribution in [2.24, 2.45) is 0 Å². The van der Waals surface area contributed by atoms with Crippen LogP contribution in [0.2, 0.25) is 0 Å². The molecule has 1 amide bonds. The Morgan fingerprint density at radius 1 is 1.15 bits per heavy atom. The third-order valence-corrected chi connectivity index (χ3v) is 8.38. The van der Waals surface area contributed by atoms with Gasteiger partial charge in [-0.1, -0.05) is 30.3 Å². The van der Waals surface area contributed by atoms with E-state index in [1.165, 1.54) is 12.4 Å². The number of H-pyrrole nitrogens is 1. The zero-order valence-corrected chi connectivity index (χ0v) is 22.1. The second-order valence-electron chi connectivity index (χ2n) is 9.92. The van der Waals surface area contributed by atoms with Crippen molar-refractivity contribution in [2.75, 3.05) is 18.0 Å². The highest BCUT2D eigenvalue weighted by atomic mass is 32.1. The first-order valence-corrected chi connectivity index (χ1v) is 13.4. The smallest absolute Gasteiger partial charge is 0.353 e. The van der Waals surface area contributed by atoms with Crippen LogP contribution in [0.1, 0.15) is 38.0 Å². The highest BCUT2D eigenvalue weighted by Gasteiger charge is 2.37. The first-order chi connectivity index (χ1) is 19.2. The molecule has 0 spiro atoms. The Labute approximate surface area is 231 Å². The highest BCUT2D eigenvalue weighted by Crippen LogP contribution is 2.37. The van der Waals surface area contributed by atoms with Gasteiger partial charge in [-0.15, -0.1) is 11.3 Å².